The minimum absolute atomic E-state index is 0.0415. The quantitative estimate of drug-likeness (QED) is 0.803. The smallest absolute Gasteiger partial charge is 0.283 e. The SMILES string of the molecule is CC(C)c1ccc(N2C(=O)C(Cl)=C(N3CCCC3)C2=O)cc1. The van der Waals surface area contributed by atoms with Crippen LogP contribution in [0.1, 0.15) is 38.2 Å². The van der Waals surface area contributed by atoms with Crippen molar-refractivity contribution in [2.45, 2.75) is 32.6 Å². The summed E-state index contributed by atoms with van der Waals surface area (Å²) in [5.74, 6) is -0.332. The molecule has 2 amide bonds. The fourth-order valence-electron chi connectivity index (χ4n) is 2.95. The van der Waals surface area contributed by atoms with Crippen LogP contribution in [-0.4, -0.2) is 29.8 Å². The van der Waals surface area contributed by atoms with Crippen LogP contribution in [0.4, 0.5) is 5.69 Å². The van der Waals surface area contributed by atoms with Crippen LogP contribution >= 0.6 is 11.6 Å². The largest absolute Gasteiger partial charge is 0.366 e. The van der Waals surface area contributed by atoms with E-state index in [4.69, 9.17) is 11.6 Å². The van der Waals surface area contributed by atoms with Gasteiger partial charge in [-0.1, -0.05) is 37.6 Å². The summed E-state index contributed by atoms with van der Waals surface area (Å²) >= 11 is 6.16. The number of likely N-dealkylation sites (tertiary alicyclic amines) is 1. The lowest BCUT2D eigenvalue weighted by Crippen LogP contribution is -2.34. The minimum Gasteiger partial charge on any atom is -0.366 e. The zero-order chi connectivity index (χ0) is 15.9. The summed E-state index contributed by atoms with van der Waals surface area (Å²) in [4.78, 5) is 28.1. The highest BCUT2D eigenvalue weighted by atomic mass is 35.5. The molecule has 2 heterocycles. The van der Waals surface area contributed by atoms with Gasteiger partial charge in [-0.25, -0.2) is 4.90 Å². The molecule has 0 N–H and O–H groups in total. The van der Waals surface area contributed by atoms with Gasteiger partial charge >= 0.3 is 0 Å². The van der Waals surface area contributed by atoms with Crippen molar-refractivity contribution in [1.29, 1.82) is 0 Å². The second kappa shape index (κ2) is 5.76. The number of nitrogens with zero attached hydrogens (tertiary/aromatic N) is 2. The topological polar surface area (TPSA) is 40.6 Å². The number of carbonyl (C=O) groups is 2. The lowest BCUT2D eigenvalue weighted by molar-refractivity contribution is -0.121. The van der Waals surface area contributed by atoms with Crippen LogP contribution in [0.3, 0.4) is 0 Å². The Morgan fingerprint density at radius 1 is 1.00 bits per heavy atom. The average Bonchev–Trinajstić information content (AvgIpc) is 3.08. The third kappa shape index (κ3) is 2.41. The molecule has 5 heteroatoms. The zero-order valence-electron chi connectivity index (χ0n) is 12.8. The van der Waals surface area contributed by atoms with Gasteiger partial charge in [0.2, 0.25) is 0 Å². The van der Waals surface area contributed by atoms with Crippen molar-refractivity contribution in [3.05, 3.63) is 40.6 Å². The van der Waals surface area contributed by atoms with Gasteiger partial charge in [0.05, 0.1) is 5.69 Å². The highest BCUT2D eigenvalue weighted by Gasteiger charge is 2.41. The maximum absolute atomic E-state index is 12.7. The van der Waals surface area contributed by atoms with Gasteiger partial charge in [0, 0.05) is 13.1 Å². The van der Waals surface area contributed by atoms with Crippen molar-refractivity contribution in [2.24, 2.45) is 0 Å². The zero-order valence-corrected chi connectivity index (χ0v) is 13.6. The van der Waals surface area contributed by atoms with Crippen molar-refractivity contribution in [1.82, 2.24) is 4.90 Å². The molecule has 1 saturated heterocycles. The Bertz CT molecular complexity index is 643. The predicted octanol–water partition coefficient (Wildman–Crippen LogP) is 3.23. The van der Waals surface area contributed by atoms with E-state index < -0.39 is 5.91 Å². The molecule has 2 aliphatic rings. The van der Waals surface area contributed by atoms with Crippen LogP contribution in [0, 0.1) is 0 Å². The van der Waals surface area contributed by atoms with Crippen LogP contribution in [0.5, 0.6) is 0 Å². The van der Waals surface area contributed by atoms with E-state index in [9.17, 15) is 9.59 Å². The molecule has 0 spiro atoms. The highest BCUT2D eigenvalue weighted by Crippen LogP contribution is 2.33. The second-order valence-corrected chi connectivity index (χ2v) is 6.43. The molecule has 0 bridgehead atoms. The van der Waals surface area contributed by atoms with Crippen molar-refractivity contribution in [3.63, 3.8) is 0 Å². The fourth-order valence-corrected chi connectivity index (χ4v) is 3.23. The molecule has 1 aromatic rings. The number of anilines is 1. The number of rotatable bonds is 3. The molecule has 0 aliphatic carbocycles. The van der Waals surface area contributed by atoms with Crippen molar-refractivity contribution < 1.29 is 9.59 Å². The molecule has 22 heavy (non-hydrogen) atoms. The Kier molecular flexibility index (Phi) is 3.96. The molecule has 0 atom stereocenters. The van der Waals surface area contributed by atoms with Gasteiger partial charge in [0.1, 0.15) is 10.7 Å². The van der Waals surface area contributed by atoms with Crippen LogP contribution in [0.15, 0.2) is 35.0 Å². The maximum Gasteiger partial charge on any atom is 0.283 e. The summed E-state index contributed by atoms with van der Waals surface area (Å²) in [5.41, 5.74) is 2.10. The Hall–Kier alpha value is -1.81. The molecule has 0 radical (unpaired) electrons. The summed E-state index contributed by atoms with van der Waals surface area (Å²) in [7, 11) is 0. The van der Waals surface area contributed by atoms with E-state index in [1.165, 1.54) is 10.5 Å². The van der Waals surface area contributed by atoms with E-state index in [-0.39, 0.29) is 10.9 Å². The Balaban J connectivity index is 1.90. The second-order valence-electron chi connectivity index (χ2n) is 6.05. The van der Waals surface area contributed by atoms with E-state index in [0.717, 1.165) is 25.9 Å². The predicted molar refractivity (Wildman–Crippen MR) is 86.7 cm³/mol. The highest BCUT2D eigenvalue weighted by molar-refractivity contribution is 6.52. The molecule has 1 fully saturated rings. The number of amides is 2. The number of imide groups is 1. The van der Waals surface area contributed by atoms with Gasteiger partial charge in [-0.2, -0.15) is 0 Å². The van der Waals surface area contributed by atoms with E-state index in [2.05, 4.69) is 13.8 Å². The Morgan fingerprint density at radius 2 is 1.59 bits per heavy atom. The molecule has 3 rings (SSSR count). The van der Waals surface area contributed by atoms with E-state index in [1.54, 1.807) is 0 Å². The molecular weight excluding hydrogens is 300 g/mol. The standard InChI is InChI=1S/C17H19ClN2O2/c1-11(2)12-5-7-13(8-6-12)20-16(21)14(18)15(17(20)22)19-9-3-4-10-19/h5-8,11H,3-4,9-10H2,1-2H3. The molecule has 0 aromatic heterocycles. The first-order chi connectivity index (χ1) is 10.5. The summed E-state index contributed by atoms with van der Waals surface area (Å²) in [5, 5.41) is 0.0415. The summed E-state index contributed by atoms with van der Waals surface area (Å²) < 4.78 is 0. The fraction of sp³-hybridized carbons (Fsp3) is 0.412. The summed E-state index contributed by atoms with van der Waals surface area (Å²) in [6, 6.07) is 7.51. The Morgan fingerprint density at radius 3 is 2.14 bits per heavy atom. The van der Waals surface area contributed by atoms with Crippen LogP contribution in [-0.2, 0) is 9.59 Å². The molecule has 2 aliphatic heterocycles. The van der Waals surface area contributed by atoms with E-state index in [1.807, 2.05) is 29.2 Å². The van der Waals surface area contributed by atoms with Crippen LogP contribution < -0.4 is 4.90 Å². The lowest BCUT2D eigenvalue weighted by Gasteiger charge is -2.20. The van der Waals surface area contributed by atoms with E-state index in [0.29, 0.717) is 17.3 Å². The molecule has 116 valence electrons. The van der Waals surface area contributed by atoms with E-state index >= 15 is 0 Å². The first-order valence-electron chi connectivity index (χ1n) is 7.64. The van der Waals surface area contributed by atoms with Gasteiger partial charge in [-0.15, -0.1) is 0 Å². The van der Waals surface area contributed by atoms with Gasteiger partial charge in [0.25, 0.3) is 11.8 Å². The number of benzene rings is 1. The maximum atomic E-state index is 12.7. The van der Waals surface area contributed by atoms with Crippen molar-refractivity contribution in [2.75, 3.05) is 18.0 Å². The third-order valence-corrected chi connectivity index (χ3v) is 4.59. The first-order valence-corrected chi connectivity index (χ1v) is 8.02. The summed E-state index contributed by atoms with van der Waals surface area (Å²) in [6.07, 6.45) is 2.05. The molecular formula is C17H19ClN2O2. The first kappa shape index (κ1) is 15.1. The van der Waals surface area contributed by atoms with Crippen molar-refractivity contribution in [3.8, 4) is 0 Å². The minimum atomic E-state index is -0.425. The average molecular weight is 319 g/mol. The van der Waals surface area contributed by atoms with Gasteiger partial charge < -0.3 is 4.90 Å². The number of carbonyl (C=O) groups excluding carboxylic acids is 2. The normalized spacial score (nSPS) is 19.1. The van der Waals surface area contributed by atoms with Gasteiger partial charge in [0.15, 0.2) is 0 Å². The molecule has 0 saturated carbocycles. The van der Waals surface area contributed by atoms with Crippen LogP contribution in [0.2, 0.25) is 0 Å². The number of hydrogen-bond donors (Lipinski definition) is 0. The third-order valence-electron chi connectivity index (χ3n) is 4.24. The Labute approximate surface area is 135 Å². The van der Waals surface area contributed by atoms with Gasteiger partial charge in [-0.05, 0) is 36.5 Å². The monoisotopic (exact) mass is 318 g/mol. The van der Waals surface area contributed by atoms with Crippen molar-refractivity contribution >= 4 is 29.1 Å². The van der Waals surface area contributed by atoms with Gasteiger partial charge in [-0.3, -0.25) is 9.59 Å². The van der Waals surface area contributed by atoms with Crippen LogP contribution in [0.25, 0.3) is 0 Å². The molecule has 1 aromatic carbocycles. The molecule has 4 nitrogen and oxygen atoms in total. The molecule has 0 unspecified atom stereocenters. The number of hydrogen-bond acceptors (Lipinski definition) is 3. The number of halogens is 1. The lowest BCUT2D eigenvalue weighted by atomic mass is 10.0. The summed E-state index contributed by atoms with van der Waals surface area (Å²) in [6.45, 7) is 5.77.